The van der Waals surface area contributed by atoms with Gasteiger partial charge in [-0.1, -0.05) is 6.07 Å². The number of aliphatic carboxylic acids is 1. The summed E-state index contributed by atoms with van der Waals surface area (Å²) >= 11 is 0. The van der Waals surface area contributed by atoms with Gasteiger partial charge in [0.1, 0.15) is 5.75 Å². The van der Waals surface area contributed by atoms with Crippen molar-refractivity contribution in [3.8, 4) is 5.75 Å². The summed E-state index contributed by atoms with van der Waals surface area (Å²) < 4.78 is 10.3. The summed E-state index contributed by atoms with van der Waals surface area (Å²) in [5.41, 5.74) is 0.414. The van der Waals surface area contributed by atoms with Crippen molar-refractivity contribution in [2.45, 2.75) is 20.0 Å². The van der Waals surface area contributed by atoms with E-state index >= 15 is 0 Å². The van der Waals surface area contributed by atoms with Gasteiger partial charge in [0.05, 0.1) is 12.7 Å². The Morgan fingerprint density at radius 2 is 2.10 bits per heavy atom. The molecule has 20 heavy (non-hydrogen) atoms. The Hall–Kier alpha value is -2.08. The largest absolute Gasteiger partial charge is 0.482 e. The second-order valence-electron chi connectivity index (χ2n) is 4.39. The first-order chi connectivity index (χ1) is 9.49. The molecule has 0 heterocycles. The van der Waals surface area contributed by atoms with E-state index < -0.39 is 12.6 Å². The molecule has 110 valence electrons. The molecule has 0 aliphatic carbocycles. The summed E-state index contributed by atoms with van der Waals surface area (Å²) in [5.74, 6) is -0.970. The number of rotatable bonds is 8. The summed E-state index contributed by atoms with van der Waals surface area (Å²) in [6.07, 6.45) is 0.125. The van der Waals surface area contributed by atoms with Crippen LogP contribution in [0.5, 0.6) is 5.75 Å². The Morgan fingerprint density at radius 1 is 1.35 bits per heavy atom. The van der Waals surface area contributed by atoms with Gasteiger partial charge in [0.25, 0.3) is 5.91 Å². The molecule has 0 aliphatic rings. The van der Waals surface area contributed by atoms with Crippen LogP contribution in [0.15, 0.2) is 24.3 Å². The lowest BCUT2D eigenvalue weighted by Gasteiger charge is -2.09. The standard InChI is InChI=1S/C14H19NO5/c1-10(2)19-7-6-15-14(18)11-4-3-5-12(8-11)20-9-13(16)17/h3-5,8,10H,6-7,9H2,1-2H3,(H,15,18)(H,16,17). The van der Waals surface area contributed by atoms with Crippen molar-refractivity contribution in [1.29, 1.82) is 0 Å². The summed E-state index contributed by atoms with van der Waals surface area (Å²) in [6, 6.07) is 6.37. The summed E-state index contributed by atoms with van der Waals surface area (Å²) in [5, 5.41) is 11.2. The topological polar surface area (TPSA) is 84.9 Å². The number of ether oxygens (including phenoxy) is 2. The molecule has 0 saturated carbocycles. The van der Waals surface area contributed by atoms with Crippen molar-refractivity contribution in [3.05, 3.63) is 29.8 Å². The molecule has 1 aromatic rings. The van der Waals surface area contributed by atoms with Gasteiger partial charge in [-0.3, -0.25) is 4.79 Å². The van der Waals surface area contributed by atoms with Crippen LogP contribution in [0.3, 0.4) is 0 Å². The molecule has 0 aromatic heterocycles. The first kappa shape index (κ1) is 16.0. The van der Waals surface area contributed by atoms with Gasteiger partial charge in [-0.05, 0) is 32.0 Å². The van der Waals surface area contributed by atoms with E-state index in [0.29, 0.717) is 24.5 Å². The summed E-state index contributed by atoms with van der Waals surface area (Å²) in [6.45, 7) is 4.26. The maximum Gasteiger partial charge on any atom is 0.341 e. The van der Waals surface area contributed by atoms with Gasteiger partial charge in [0.2, 0.25) is 0 Å². The van der Waals surface area contributed by atoms with Crippen LogP contribution in [0.4, 0.5) is 0 Å². The lowest BCUT2D eigenvalue weighted by atomic mass is 10.2. The molecule has 0 spiro atoms. The maximum absolute atomic E-state index is 11.8. The molecule has 0 unspecified atom stereocenters. The van der Waals surface area contributed by atoms with Crippen molar-refractivity contribution in [1.82, 2.24) is 5.32 Å². The SMILES string of the molecule is CC(C)OCCNC(=O)c1cccc(OCC(=O)O)c1. The van der Waals surface area contributed by atoms with Crippen LogP contribution in [0.2, 0.25) is 0 Å². The highest BCUT2D eigenvalue weighted by Crippen LogP contribution is 2.13. The van der Waals surface area contributed by atoms with Gasteiger partial charge >= 0.3 is 5.97 Å². The van der Waals surface area contributed by atoms with Crippen molar-refractivity contribution in [2.24, 2.45) is 0 Å². The molecular weight excluding hydrogens is 262 g/mol. The highest BCUT2D eigenvalue weighted by molar-refractivity contribution is 5.94. The van der Waals surface area contributed by atoms with E-state index in [9.17, 15) is 9.59 Å². The summed E-state index contributed by atoms with van der Waals surface area (Å²) in [7, 11) is 0. The van der Waals surface area contributed by atoms with Crippen molar-refractivity contribution in [2.75, 3.05) is 19.8 Å². The minimum absolute atomic E-state index is 0.125. The van der Waals surface area contributed by atoms with Gasteiger partial charge < -0.3 is 19.9 Å². The molecule has 6 heteroatoms. The predicted octanol–water partition coefficient (Wildman–Crippen LogP) is 1.30. The van der Waals surface area contributed by atoms with Gasteiger partial charge in [-0.2, -0.15) is 0 Å². The molecule has 0 atom stereocenters. The van der Waals surface area contributed by atoms with Crippen molar-refractivity contribution in [3.63, 3.8) is 0 Å². The highest BCUT2D eigenvalue weighted by Gasteiger charge is 2.07. The first-order valence-corrected chi connectivity index (χ1v) is 6.33. The van der Waals surface area contributed by atoms with Gasteiger partial charge in [-0.15, -0.1) is 0 Å². The molecule has 6 nitrogen and oxygen atoms in total. The lowest BCUT2D eigenvalue weighted by molar-refractivity contribution is -0.139. The zero-order valence-electron chi connectivity index (χ0n) is 11.6. The van der Waals surface area contributed by atoms with Crippen LogP contribution in [0, 0.1) is 0 Å². The number of carboxylic acids is 1. The maximum atomic E-state index is 11.8. The van der Waals surface area contributed by atoms with Gasteiger partial charge in [0, 0.05) is 12.1 Å². The molecule has 0 saturated heterocycles. The number of benzene rings is 1. The lowest BCUT2D eigenvalue weighted by Crippen LogP contribution is -2.28. The third-order valence-electron chi connectivity index (χ3n) is 2.30. The Morgan fingerprint density at radius 3 is 2.75 bits per heavy atom. The highest BCUT2D eigenvalue weighted by atomic mass is 16.5. The fraction of sp³-hybridized carbons (Fsp3) is 0.429. The number of nitrogens with one attached hydrogen (secondary N) is 1. The minimum atomic E-state index is -1.06. The average Bonchev–Trinajstić information content (AvgIpc) is 2.41. The molecule has 0 bridgehead atoms. The Labute approximate surface area is 117 Å². The predicted molar refractivity (Wildman–Crippen MR) is 73.0 cm³/mol. The van der Waals surface area contributed by atoms with E-state index in [1.807, 2.05) is 13.8 Å². The van der Waals surface area contributed by atoms with Crippen molar-refractivity contribution >= 4 is 11.9 Å². The monoisotopic (exact) mass is 281 g/mol. The van der Waals surface area contributed by atoms with E-state index in [-0.39, 0.29) is 12.0 Å². The molecular formula is C14H19NO5. The van der Waals surface area contributed by atoms with E-state index in [2.05, 4.69) is 5.32 Å². The van der Waals surface area contributed by atoms with Gasteiger partial charge in [-0.25, -0.2) is 4.79 Å². The fourth-order valence-corrected chi connectivity index (χ4v) is 1.43. The number of hydrogen-bond donors (Lipinski definition) is 2. The van der Waals surface area contributed by atoms with E-state index in [0.717, 1.165) is 0 Å². The Kier molecular flexibility index (Phi) is 6.52. The quantitative estimate of drug-likeness (QED) is 0.702. The third kappa shape index (κ3) is 6.19. The zero-order valence-corrected chi connectivity index (χ0v) is 11.6. The zero-order chi connectivity index (χ0) is 15.0. The van der Waals surface area contributed by atoms with Crippen LogP contribution < -0.4 is 10.1 Å². The molecule has 0 aliphatic heterocycles. The molecule has 1 rings (SSSR count). The minimum Gasteiger partial charge on any atom is -0.482 e. The average molecular weight is 281 g/mol. The summed E-state index contributed by atoms with van der Waals surface area (Å²) in [4.78, 5) is 22.2. The molecule has 0 fully saturated rings. The number of carboxylic acid groups (broad SMARTS) is 1. The van der Waals surface area contributed by atoms with Gasteiger partial charge in [0.15, 0.2) is 6.61 Å². The van der Waals surface area contributed by atoms with E-state index in [1.165, 1.54) is 6.07 Å². The van der Waals surface area contributed by atoms with Crippen LogP contribution in [-0.4, -0.2) is 42.8 Å². The molecule has 1 aromatic carbocycles. The van der Waals surface area contributed by atoms with E-state index in [1.54, 1.807) is 18.2 Å². The van der Waals surface area contributed by atoms with Crippen LogP contribution in [0.1, 0.15) is 24.2 Å². The second kappa shape index (κ2) is 8.16. The van der Waals surface area contributed by atoms with Crippen LogP contribution in [0.25, 0.3) is 0 Å². The normalized spacial score (nSPS) is 10.3. The van der Waals surface area contributed by atoms with Crippen LogP contribution in [-0.2, 0) is 9.53 Å². The third-order valence-corrected chi connectivity index (χ3v) is 2.30. The Bertz CT molecular complexity index is 459. The van der Waals surface area contributed by atoms with E-state index in [4.69, 9.17) is 14.6 Å². The first-order valence-electron chi connectivity index (χ1n) is 6.33. The number of carbonyl (C=O) groups excluding carboxylic acids is 1. The molecule has 2 N–H and O–H groups in total. The van der Waals surface area contributed by atoms with Crippen LogP contribution >= 0.6 is 0 Å². The molecule has 1 amide bonds. The second-order valence-corrected chi connectivity index (χ2v) is 4.39. The number of amides is 1. The van der Waals surface area contributed by atoms with Crippen molar-refractivity contribution < 1.29 is 24.2 Å². The number of hydrogen-bond acceptors (Lipinski definition) is 4. The smallest absolute Gasteiger partial charge is 0.341 e. The number of carbonyl (C=O) groups is 2. The fourth-order valence-electron chi connectivity index (χ4n) is 1.43. The Balaban J connectivity index is 2.47. The molecule has 0 radical (unpaired) electrons.